The van der Waals surface area contributed by atoms with Crippen LogP contribution < -0.4 is 4.90 Å². The fraction of sp³-hybridized carbons (Fsp3) is 0.0690. The van der Waals surface area contributed by atoms with Gasteiger partial charge in [-0.2, -0.15) is 0 Å². The molecule has 0 fully saturated rings. The predicted octanol–water partition coefficient (Wildman–Crippen LogP) is 15.1. The molecular weight excluding hydrogens is 725 g/mol. The number of benzene rings is 9. The first kappa shape index (κ1) is 27.3. The summed E-state index contributed by atoms with van der Waals surface area (Å²) in [7, 11) is 0. The van der Waals surface area contributed by atoms with Crippen LogP contribution in [-0.2, 0) is 25.5 Å². The van der Waals surface area contributed by atoms with E-state index in [2.05, 4.69) is 137 Å². The fourth-order valence-electron chi connectivity index (χ4n) is 8.90. The Morgan fingerprint density at radius 3 is 1.40 bits per heavy atom. The van der Waals surface area contributed by atoms with Crippen molar-refractivity contribution in [2.45, 2.75) is 25.5 Å². The third-order valence-electron chi connectivity index (χ3n) is 11.9. The van der Waals surface area contributed by atoms with Crippen molar-refractivity contribution in [3.8, 4) is 50.2 Å². The highest BCUT2D eigenvalue weighted by atomic mass is 15.1. The van der Waals surface area contributed by atoms with Gasteiger partial charge in [-0.25, -0.2) is 0 Å². The maximum Gasteiger partial charge on any atom is 0.0542 e. The molecule has 0 radical (unpaired) electrons. The number of fused-ring (bicyclic) bond motifs is 5. The average molecular weight is 775 g/mol. The monoisotopic (exact) mass is 774 g/mol. The van der Waals surface area contributed by atoms with Crippen molar-refractivity contribution in [2.75, 3.05) is 4.90 Å². The molecule has 2 aliphatic rings. The number of anilines is 3. The highest BCUT2D eigenvalue weighted by Gasteiger charge is 2.24. The zero-order chi connectivity index (χ0) is 46.7. The van der Waals surface area contributed by atoms with Gasteiger partial charge in [0.05, 0.1) is 22.4 Å². The summed E-state index contributed by atoms with van der Waals surface area (Å²) >= 11 is 0. The molecule has 0 atom stereocenters. The number of nitrogens with zero attached hydrogens (tertiary/aromatic N) is 2. The Labute approximate surface area is 362 Å². The maximum absolute atomic E-state index is 8.60. The van der Waals surface area contributed by atoms with Crippen molar-refractivity contribution in [3.05, 3.63) is 229 Å². The second kappa shape index (κ2) is 14.1. The Morgan fingerprint density at radius 2 is 0.817 bits per heavy atom. The quantitative estimate of drug-likeness (QED) is 0.149. The molecule has 0 saturated carbocycles. The Morgan fingerprint density at radius 1 is 0.350 bits per heavy atom. The molecule has 2 nitrogen and oxygen atoms in total. The lowest BCUT2D eigenvalue weighted by Gasteiger charge is -2.31. The average Bonchev–Trinajstić information content (AvgIpc) is 3.70. The van der Waals surface area contributed by atoms with Crippen LogP contribution in [0.2, 0.25) is 0 Å². The second-order valence-corrected chi connectivity index (χ2v) is 15.4. The molecule has 2 aliphatic carbocycles. The minimum Gasteiger partial charge on any atom is -0.309 e. The smallest absolute Gasteiger partial charge is 0.0542 e. The van der Waals surface area contributed by atoms with Crippen LogP contribution in [-0.4, -0.2) is 4.57 Å². The highest BCUT2D eigenvalue weighted by molar-refractivity contribution is 6.11. The number of hydrogen-bond acceptors (Lipinski definition) is 1. The van der Waals surface area contributed by atoms with E-state index in [-0.39, 0.29) is 0 Å². The van der Waals surface area contributed by atoms with Crippen LogP contribution in [0.1, 0.15) is 33.2 Å². The van der Waals surface area contributed by atoms with E-state index in [1.807, 2.05) is 54.6 Å². The summed E-state index contributed by atoms with van der Waals surface area (Å²) in [5.74, 6) is 0. The largest absolute Gasteiger partial charge is 0.309 e. The van der Waals surface area contributed by atoms with E-state index in [1.165, 1.54) is 0 Å². The molecule has 0 N–H and O–H groups in total. The minimum atomic E-state index is -2.11. The minimum absolute atomic E-state index is 0.366. The fourth-order valence-corrected chi connectivity index (χ4v) is 8.90. The zero-order valence-corrected chi connectivity index (χ0v) is 32.5. The van der Waals surface area contributed by atoms with Crippen molar-refractivity contribution >= 4 is 38.9 Å². The van der Waals surface area contributed by atoms with Crippen LogP contribution >= 0.6 is 0 Å². The van der Waals surface area contributed by atoms with Crippen molar-refractivity contribution in [3.63, 3.8) is 0 Å². The Kier molecular flexibility index (Phi) is 6.44. The van der Waals surface area contributed by atoms with Gasteiger partial charge in [0.2, 0.25) is 0 Å². The summed E-state index contributed by atoms with van der Waals surface area (Å²) in [4.78, 5) is 2.31. The first-order valence-electron chi connectivity index (χ1n) is 24.3. The Hall–Kier alpha value is -7.42. The molecule has 0 aliphatic heterocycles. The van der Waals surface area contributed by atoms with Crippen molar-refractivity contribution in [2.24, 2.45) is 0 Å². The zero-order valence-electron chi connectivity index (χ0n) is 40.5. The van der Waals surface area contributed by atoms with Crippen LogP contribution in [0.3, 0.4) is 0 Å². The SMILES string of the molecule is [2H]C1([2H])c2ccc(-c3ccc(N(c4ccc5c(c4)c4ccccc4n5-c4ccccc4)c4ccc(-c5ccc6c(c5)C([2H])([2H])C6([2H])[2H])cc4-c4ccccc4)c(-c4ccccc4)c3)cc2C1([2H])[2H]. The lowest BCUT2D eigenvalue weighted by molar-refractivity contribution is 0.840. The number of hydrogen-bond donors (Lipinski definition) is 0. The number of aromatic nitrogens is 1. The lowest BCUT2D eigenvalue weighted by Crippen LogP contribution is -2.13. The van der Waals surface area contributed by atoms with Crippen molar-refractivity contribution in [1.29, 1.82) is 0 Å². The van der Waals surface area contributed by atoms with E-state index in [0.29, 0.717) is 22.3 Å². The summed E-state index contributed by atoms with van der Waals surface area (Å²) in [5.41, 5.74) is 14.5. The second-order valence-electron chi connectivity index (χ2n) is 15.4. The Balaban J connectivity index is 1.11. The van der Waals surface area contributed by atoms with Crippen LogP contribution in [0.25, 0.3) is 72.0 Å². The van der Waals surface area contributed by atoms with Gasteiger partial charge in [-0.15, -0.1) is 0 Å². The third-order valence-corrected chi connectivity index (χ3v) is 11.9. The van der Waals surface area contributed by atoms with E-state index in [9.17, 15) is 0 Å². The number of para-hydroxylation sites is 2. The predicted molar refractivity (Wildman–Crippen MR) is 252 cm³/mol. The van der Waals surface area contributed by atoms with Gasteiger partial charge in [-0.3, -0.25) is 0 Å². The molecule has 60 heavy (non-hydrogen) atoms. The van der Waals surface area contributed by atoms with Gasteiger partial charge in [0, 0.05) is 44.2 Å². The van der Waals surface area contributed by atoms with Gasteiger partial charge >= 0.3 is 0 Å². The van der Waals surface area contributed by atoms with Gasteiger partial charge < -0.3 is 9.47 Å². The molecular formula is C58H42N2. The molecule has 12 rings (SSSR count). The molecule has 9 aromatic carbocycles. The summed E-state index contributed by atoms with van der Waals surface area (Å²) < 4.78 is 70.3. The lowest BCUT2D eigenvalue weighted by atomic mass is 9.85. The van der Waals surface area contributed by atoms with E-state index >= 15 is 0 Å². The third kappa shape index (κ3) is 5.79. The van der Waals surface area contributed by atoms with Gasteiger partial charge in [-0.1, -0.05) is 146 Å². The van der Waals surface area contributed by atoms with Crippen LogP contribution in [0.4, 0.5) is 17.1 Å². The number of rotatable bonds is 8. The van der Waals surface area contributed by atoms with Crippen molar-refractivity contribution < 1.29 is 11.0 Å². The highest BCUT2D eigenvalue weighted by Crippen LogP contribution is 2.48. The van der Waals surface area contributed by atoms with Gasteiger partial charge in [0.15, 0.2) is 0 Å². The number of aryl methyl sites for hydroxylation is 4. The molecule has 0 saturated heterocycles. The van der Waals surface area contributed by atoms with E-state index in [4.69, 9.17) is 11.0 Å². The normalized spacial score (nSPS) is 18.1. The molecule has 2 heteroatoms. The molecule has 0 spiro atoms. The van der Waals surface area contributed by atoms with Crippen molar-refractivity contribution in [1.82, 2.24) is 4.57 Å². The van der Waals surface area contributed by atoms with Crippen LogP contribution in [0, 0.1) is 0 Å². The van der Waals surface area contributed by atoms with Gasteiger partial charge in [-0.05, 0) is 142 Å². The molecule has 0 unspecified atom stereocenters. The maximum atomic E-state index is 8.60. The molecule has 0 bridgehead atoms. The summed E-state index contributed by atoms with van der Waals surface area (Å²) in [6, 6.07) is 69.4. The van der Waals surface area contributed by atoms with E-state index in [1.54, 1.807) is 24.3 Å². The molecule has 0 amide bonds. The summed E-state index contributed by atoms with van der Waals surface area (Å²) in [5, 5.41) is 2.19. The van der Waals surface area contributed by atoms with E-state index < -0.39 is 25.5 Å². The molecule has 10 aromatic rings. The topological polar surface area (TPSA) is 8.17 Å². The van der Waals surface area contributed by atoms with E-state index in [0.717, 1.165) is 89.1 Å². The van der Waals surface area contributed by atoms with Crippen LogP contribution in [0.15, 0.2) is 206 Å². The molecule has 284 valence electrons. The Bertz CT molecular complexity index is 3480. The standard InChI is InChI=1S/C58H42N2/c1-4-12-41(13-5-1)52-36-47(45-26-22-39-20-24-43(39)34-45)28-31-56(52)60(50-30-33-58-54(38-50)51-18-10-11-19-55(51)59(58)49-16-8-3-9-17-49)57-32-29-48(37-53(57)42-14-6-2-7-15-42)46-27-23-40-21-25-44(40)35-46/h1-19,22-23,26-38H,20-21,24-25H2/i20D2,21D2,24D2,25D2. The molecule has 1 heterocycles. The summed E-state index contributed by atoms with van der Waals surface area (Å²) in [6.45, 7) is 0. The van der Waals surface area contributed by atoms with Crippen LogP contribution in [0.5, 0.6) is 0 Å². The summed E-state index contributed by atoms with van der Waals surface area (Å²) in [6.07, 6.45) is -8.35. The van der Waals surface area contributed by atoms with Gasteiger partial charge in [0.1, 0.15) is 0 Å². The first-order chi connectivity index (χ1) is 32.8. The molecule has 1 aromatic heterocycles. The first-order valence-corrected chi connectivity index (χ1v) is 20.3. The van der Waals surface area contributed by atoms with Gasteiger partial charge in [0.25, 0.3) is 0 Å².